The predicted octanol–water partition coefficient (Wildman–Crippen LogP) is 3.21. The molecule has 0 amide bonds. The Labute approximate surface area is 109 Å². The minimum absolute atomic E-state index is 0.100. The monoisotopic (exact) mass is 298 g/mol. The zero-order valence-electron chi connectivity index (χ0n) is 9.74. The van der Waals surface area contributed by atoms with Crippen LogP contribution >= 0.6 is 15.9 Å². The summed E-state index contributed by atoms with van der Waals surface area (Å²) in [6, 6.07) is 5.39. The Kier molecular flexibility index (Phi) is 4.18. The van der Waals surface area contributed by atoms with Crippen LogP contribution in [0.4, 0.5) is 0 Å². The van der Waals surface area contributed by atoms with E-state index in [9.17, 15) is 4.79 Å². The Hall–Kier alpha value is -0.870. The van der Waals surface area contributed by atoms with E-state index < -0.39 is 0 Å². The number of carbonyl (C=O) groups is 1. The molecule has 0 bridgehead atoms. The highest BCUT2D eigenvalue weighted by Crippen LogP contribution is 2.27. The summed E-state index contributed by atoms with van der Waals surface area (Å²) in [5.41, 5.74) is 0.702. The van der Waals surface area contributed by atoms with E-state index >= 15 is 0 Å². The minimum atomic E-state index is 0.100. The first-order valence-corrected chi connectivity index (χ1v) is 6.48. The minimum Gasteiger partial charge on any atom is -0.496 e. The van der Waals surface area contributed by atoms with Gasteiger partial charge in [0.2, 0.25) is 0 Å². The molecule has 0 N–H and O–H groups in total. The van der Waals surface area contributed by atoms with E-state index in [1.165, 1.54) is 0 Å². The zero-order chi connectivity index (χ0) is 12.3. The van der Waals surface area contributed by atoms with Crippen LogP contribution in [0.2, 0.25) is 0 Å². The quantitative estimate of drug-likeness (QED) is 0.801. The Morgan fingerprint density at radius 3 is 3.00 bits per heavy atom. The number of benzene rings is 1. The second-order valence-corrected chi connectivity index (χ2v) is 4.97. The van der Waals surface area contributed by atoms with E-state index in [0.717, 1.165) is 29.7 Å². The van der Waals surface area contributed by atoms with E-state index in [2.05, 4.69) is 15.9 Å². The van der Waals surface area contributed by atoms with Gasteiger partial charge in [0, 0.05) is 18.6 Å². The summed E-state index contributed by atoms with van der Waals surface area (Å²) >= 11 is 3.38. The average molecular weight is 299 g/mol. The van der Waals surface area contributed by atoms with E-state index in [4.69, 9.17) is 9.47 Å². The molecule has 1 heterocycles. The van der Waals surface area contributed by atoms with Crippen molar-refractivity contribution >= 4 is 21.7 Å². The van der Waals surface area contributed by atoms with Crippen LogP contribution < -0.4 is 4.74 Å². The molecule has 1 aromatic carbocycles. The molecule has 1 saturated heterocycles. The second kappa shape index (κ2) is 5.65. The van der Waals surface area contributed by atoms with Crippen molar-refractivity contribution in [1.29, 1.82) is 0 Å². The molecule has 0 radical (unpaired) electrons. The lowest BCUT2D eigenvalue weighted by Gasteiger charge is -2.09. The molecule has 2 rings (SSSR count). The summed E-state index contributed by atoms with van der Waals surface area (Å²) in [6.07, 6.45) is 2.62. The van der Waals surface area contributed by atoms with Crippen LogP contribution in [0.3, 0.4) is 0 Å². The summed E-state index contributed by atoms with van der Waals surface area (Å²) in [7, 11) is 1.61. The van der Waals surface area contributed by atoms with Crippen LogP contribution in [0.1, 0.15) is 29.6 Å². The van der Waals surface area contributed by atoms with Crippen molar-refractivity contribution < 1.29 is 14.3 Å². The zero-order valence-corrected chi connectivity index (χ0v) is 11.3. The van der Waals surface area contributed by atoms with Gasteiger partial charge in [-0.2, -0.15) is 0 Å². The maximum Gasteiger partial charge on any atom is 0.165 e. The molecule has 0 aromatic heterocycles. The highest BCUT2D eigenvalue weighted by atomic mass is 79.9. The number of carbonyl (C=O) groups excluding carboxylic acids is 1. The second-order valence-electron chi connectivity index (χ2n) is 4.11. The summed E-state index contributed by atoms with van der Waals surface area (Å²) < 4.78 is 11.4. The van der Waals surface area contributed by atoms with Crippen LogP contribution in [0.5, 0.6) is 5.75 Å². The van der Waals surface area contributed by atoms with Gasteiger partial charge in [-0.3, -0.25) is 4.79 Å². The molecule has 0 aliphatic carbocycles. The predicted molar refractivity (Wildman–Crippen MR) is 68.6 cm³/mol. The first-order valence-electron chi connectivity index (χ1n) is 5.69. The molecule has 1 unspecified atom stereocenters. The van der Waals surface area contributed by atoms with Gasteiger partial charge >= 0.3 is 0 Å². The SMILES string of the molecule is COc1ccc(C(=O)CC2CCCO2)cc1Br. The summed E-state index contributed by atoms with van der Waals surface area (Å²) in [4.78, 5) is 12.0. The van der Waals surface area contributed by atoms with Gasteiger partial charge in [0.1, 0.15) is 5.75 Å². The average Bonchev–Trinajstić information content (AvgIpc) is 2.81. The maximum absolute atomic E-state index is 12.0. The fraction of sp³-hybridized carbons (Fsp3) is 0.462. The Bertz CT molecular complexity index is 411. The van der Waals surface area contributed by atoms with Crippen molar-refractivity contribution in [2.24, 2.45) is 0 Å². The van der Waals surface area contributed by atoms with Crippen LogP contribution in [0.25, 0.3) is 0 Å². The first kappa shape index (κ1) is 12.6. The van der Waals surface area contributed by atoms with Crippen molar-refractivity contribution in [3.05, 3.63) is 28.2 Å². The van der Waals surface area contributed by atoms with E-state index in [-0.39, 0.29) is 11.9 Å². The fourth-order valence-electron chi connectivity index (χ4n) is 1.97. The summed E-state index contributed by atoms with van der Waals surface area (Å²) in [6.45, 7) is 0.782. The van der Waals surface area contributed by atoms with Crippen LogP contribution in [0, 0.1) is 0 Å². The molecular weight excluding hydrogens is 284 g/mol. The van der Waals surface area contributed by atoms with E-state index in [1.807, 2.05) is 0 Å². The molecule has 1 fully saturated rings. The number of halogens is 1. The molecule has 4 heteroatoms. The lowest BCUT2D eigenvalue weighted by molar-refractivity contribution is 0.0775. The molecule has 1 atom stereocenters. The molecule has 17 heavy (non-hydrogen) atoms. The van der Waals surface area contributed by atoms with Crippen LogP contribution in [-0.2, 0) is 4.74 Å². The lowest BCUT2D eigenvalue weighted by Crippen LogP contribution is -2.12. The molecule has 92 valence electrons. The number of methoxy groups -OCH3 is 1. The third-order valence-electron chi connectivity index (χ3n) is 2.91. The van der Waals surface area contributed by atoms with Crippen LogP contribution in [0.15, 0.2) is 22.7 Å². The van der Waals surface area contributed by atoms with Gasteiger partial charge in [-0.1, -0.05) is 0 Å². The third-order valence-corrected chi connectivity index (χ3v) is 3.53. The van der Waals surface area contributed by atoms with Gasteiger partial charge in [-0.15, -0.1) is 0 Å². The van der Waals surface area contributed by atoms with Crippen LogP contribution in [-0.4, -0.2) is 25.6 Å². The largest absolute Gasteiger partial charge is 0.496 e. The van der Waals surface area contributed by atoms with Gasteiger partial charge in [-0.05, 0) is 47.0 Å². The van der Waals surface area contributed by atoms with Gasteiger partial charge in [0.05, 0.1) is 17.7 Å². The van der Waals surface area contributed by atoms with Crippen molar-refractivity contribution in [3.8, 4) is 5.75 Å². The topological polar surface area (TPSA) is 35.5 Å². The molecule has 3 nitrogen and oxygen atoms in total. The normalized spacial score (nSPS) is 19.3. The van der Waals surface area contributed by atoms with Gasteiger partial charge < -0.3 is 9.47 Å². The molecule has 0 spiro atoms. The number of ketones is 1. The Morgan fingerprint density at radius 1 is 1.59 bits per heavy atom. The molecule has 0 saturated carbocycles. The van der Waals surface area contributed by atoms with Gasteiger partial charge in [-0.25, -0.2) is 0 Å². The van der Waals surface area contributed by atoms with Gasteiger partial charge in [0.25, 0.3) is 0 Å². The van der Waals surface area contributed by atoms with Gasteiger partial charge in [0.15, 0.2) is 5.78 Å². The number of ether oxygens (including phenoxy) is 2. The number of hydrogen-bond donors (Lipinski definition) is 0. The first-order chi connectivity index (χ1) is 8.20. The summed E-state index contributed by atoms with van der Waals surface area (Å²) in [5.74, 6) is 0.860. The maximum atomic E-state index is 12.0. The standard InChI is InChI=1S/C13H15BrO3/c1-16-13-5-4-9(7-11(13)14)12(15)8-10-3-2-6-17-10/h4-5,7,10H,2-3,6,8H2,1H3. The van der Waals surface area contributed by atoms with E-state index in [1.54, 1.807) is 25.3 Å². The van der Waals surface area contributed by atoms with Crippen molar-refractivity contribution in [2.45, 2.75) is 25.4 Å². The highest BCUT2D eigenvalue weighted by molar-refractivity contribution is 9.10. The molecule has 1 aliphatic rings. The smallest absolute Gasteiger partial charge is 0.165 e. The number of hydrogen-bond acceptors (Lipinski definition) is 3. The van der Waals surface area contributed by atoms with Crippen molar-refractivity contribution in [2.75, 3.05) is 13.7 Å². The number of rotatable bonds is 4. The Balaban J connectivity index is 2.05. The Morgan fingerprint density at radius 2 is 2.41 bits per heavy atom. The molecule has 1 aliphatic heterocycles. The van der Waals surface area contributed by atoms with E-state index in [0.29, 0.717) is 12.0 Å². The third kappa shape index (κ3) is 3.07. The lowest BCUT2D eigenvalue weighted by atomic mass is 10.0. The highest BCUT2D eigenvalue weighted by Gasteiger charge is 2.20. The number of Topliss-reactive ketones (excluding diaryl/α,β-unsaturated/α-hetero) is 1. The summed E-state index contributed by atoms with van der Waals surface area (Å²) in [5, 5.41) is 0. The molecular formula is C13H15BrO3. The fourth-order valence-corrected chi connectivity index (χ4v) is 2.51. The van der Waals surface area contributed by atoms with Crippen molar-refractivity contribution in [1.82, 2.24) is 0 Å². The molecule has 1 aromatic rings. The van der Waals surface area contributed by atoms with Crippen molar-refractivity contribution in [3.63, 3.8) is 0 Å².